The Morgan fingerprint density at radius 3 is 2.47 bits per heavy atom. The van der Waals surface area contributed by atoms with Gasteiger partial charge in [0.1, 0.15) is 0 Å². The zero-order valence-electron chi connectivity index (χ0n) is 9.09. The van der Waals surface area contributed by atoms with E-state index in [1.54, 1.807) is 4.90 Å². The van der Waals surface area contributed by atoms with E-state index in [9.17, 15) is 8.78 Å². The molecule has 1 rings (SSSR count). The van der Waals surface area contributed by atoms with E-state index in [2.05, 4.69) is 4.98 Å². The third-order valence-electron chi connectivity index (χ3n) is 2.17. The Morgan fingerprint density at radius 1 is 1.40 bits per heavy atom. The predicted molar refractivity (Wildman–Crippen MR) is 56.7 cm³/mol. The molecular formula is C10H15F2N3. The normalized spacial score (nSPS) is 10.8. The second-order valence-corrected chi connectivity index (χ2v) is 3.54. The zero-order chi connectivity index (χ0) is 11.6. The molecule has 0 atom stereocenters. The maximum Gasteiger partial charge on any atom is 0.168 e. The van der Waals surface area contributed by atoms with Gasteiger partial charge in [-0.05, 0) is 20.8 Å². The van der Waals surface area contributed by atoms with Crippen LogP contribution in [0.3, 0.4) is 0 Å². The first-order chi connectivity index (χ1) is 6.97. The van der Waals surface area contributed by atoms with Gasteiger partial charge in [0.25, 0.3) is 0 Å². The first-order valence-electron chi connectivity index (χ1n) is 4.85. The van der Waals surface area contributed by atoms with Crippen molar-refractivity contribution in [2.45, 2.75) is 26.8 Å². The summed E-state index contributed by atoms with van der Waals surface area (Å²) in [6, 6.07) is 0.852. The van der Waals surface area contributed by atoms with Crippen molar-refractivity contribution in [2.24, 2.45) is 0 Å². The van der Waals surface area contributed by atoms with Crippen LogP contribution in [0.25, 0.3) is 0 Å². The summed E-state index contributed by atoms with van der Waals surface area (Å²) in [5.41, 5.74) is 5.30. The van der Waals surface area contributed by atoms with E-state index in [0.29, 0.717) is 6.54 Å². The van der Waals surface area contributed by atoms with Crippen LogP contribution in [0.5, 0.6) is 0 Å². The average Bonchev–Trinajstić information content (AvgIpc) is 2.14. The molecule has 1 heterocycles. The molecule has 0 radical (unpaired) electrons. The van der Waals surface area contributed by atoms with Gasteiger partial charge >= 0.3 is 0 Å². The molecule has 84 valence electrons. The Morgan fingerprint density at radius 2 is 2.00 bits per heavy atom. The lowest BCUT2D eigenvalue weighted by atomic mass is 10.3. The van der Waals surface area contributed by atoms with E-state index in [4.69, 9.17) is 5.73 Å². The molecule has 0 aromatic carbocycles. The molecule has 0 aliphatic rings. The maximum absolute atomic E-state index is 13.4. The average molecular weight is 215 g/mol. The number of pyridine rings is 1. The molecule has 0 spiro atoms. The van der Waals surface area contributed by atoms with Crippen molar-refractivity contribution < 1.29 is 8.78 Å². The summed E-state index contributed by atoms with van der Waals surface area (Å²) in [4.78, 5) is 5.43. The highest BCUT2D eigenvalue weighted by atomic mass is 19.1. The van der Waals surface area contributed by atoms with Gasteiger partial charge < -0.3 is 10.6 Å². The summed E-state index contributed by atoms with van der Waals surface area (Å²) in [5.74, 6) is -1.68. The SMILES string of the molecule is CCN(c1nc(N)c(F)cc1F)C(C)C. The maximum atomic E-state index is 13.4. The highest BCUT2D eigenvalue weighted by Gasteiger charge is 2.17. The summed E-state index contributed by atoms with van der Waals surface area (Å²) in [7, 11) is 0. The number of hydrogen-bond acceptors (Lipinski definition) is 3. The molecule has 2 N–H and O–H groups in total. The minimum Gasteiger partial charge on any atom is -0.381 e. The van der Waals surface area contributed by atoms with E-state index in [1.165, 1.54) is 0 Å². The van der Waals surface area contributed by atoms with Crippen LogP contribution in [0.2, 0.25) is 0 Å². The van der Waals surface area contributed by atoms with Crippen LogP contribution in [0.4, 0.5) is 20.4 Å². The van der Waals surface area contributed by atoms with Gasteiger partial charge in [0.15, 0.2) is 23.3 Å². The Kier molecular flexibility index (Phi) is 3.44. The molecule has 1 aromatic heterocycles. The number of anilines is 2. The van der Waals surface area contributed by atoms with Crippen molar-refractivity contribution in [3.8, 4) is 0 Å². The van der Waals surface area contributed by atoms with Gasteiger partial charge in [0.05, 0.1) is 0 Å². The minimum absolute atomic E-state index is 0.0851. The van der Waals surface area contributed by atoms with E-state index in [0.717, 1.165) is 6.07 Å². The fourth-order valence-electron chi connectivity index (χ4n) is 1.43. The van der Waals surface area contributed by atoms with E-state index in [1.807, 2.05) is 20.8 Å². The van der Waals surface area contributed by atoms with Crippen molar-refractivity contribution in [3.63, 3.8) is 0 Å². The fraction of sp³-hybridized carbons (Fsp3) is 0.500. The largest absolute Gasteiger partial charge is 0.381 e. The summed E-state index contributed by atoms with van der Waals surface area (Å²) in [5, 5.41) is 0. The number of aromatic nitrogens is 1. The van der Waals surface area contributed by atoms with Crippen molar-refractivity contribution in [3.05, 3.63) is 17.7 Å². The van der Waals surface area contributed by atoms with E-state index < -0.39 is 11.6 Å². The zero-order valence-corrected chi connectivity index (χ0v) is 9.09. The molecule has 5 heteroatoms. The third kappa shape index (κ3) is 2.34. The van der Waals surface area contributed by atoms with Gasteiger partial charge in [-0.3, -0.25) is 0 Å². The molecule has 0 aliphatic heterocycles. The molecule has 0 saturated heterocycles. The van der Waals surface area contributed by atoms with Crippen molar-refractivity contribution in [2.75, 3.05) is 17.2 Å². The van der Waals surface area contributed by atoms with Gasteiger partial charge in [-0.1, -0.05) is 0 Å². The van der Waals surface area contributed by atoms with Crippen LogP contribution in [0.1, 0.15) is 20.8 Å². The van der Waals surface area contributed by atoms with E-state index in [-0.39, 0.29) is 17.7 Å². The molecule has 15 heavy (non-hydrogen) atoms. The summed E-state index contributed by atoms with van der Waals surface area (Å²) < 4.78 is 26.3. The molecule has 0 amide bonds. The number of halogens is 2. The first kappa shape index (κ1) is 11.7. The monoisotopic (exact) mass is 215 g/mol. The van der Waals surface area contributed by atoms with Gasteiger partial charge in [-0.15, -0.1) is 0 Å². The highest BCUT2D eigenvalue weighted by Crippen LogP contribution is 2.21. The quantitative estimate of drug-likeness (QED) is 0.840. The number of nitrogen functional groups attached to an aromatic ring is 1. The molecule has 1 aromatic rings. The third-order valence-corrected chi connectivity index (χ3v) is 2.17. The lowest BCUT2D eigenvalue weighted by Gasteiger charge is -2.26. The van der Waals surface area contributed by atoms with Crippen molar-refractivity contribution in [1.29, 1.82) is 0 Å². The van der Waals surface area contributed by atoms with Crippen LogP contribution in [-0.4, -0.2) is 17.6 Å². The predicted octanol–water partition coefficient (Wildman–Crippen LogP) is 2.18. The first-order valence-corrected chi connectivity index (χ1v) is 4.85. The lowest BCUT2D eigenvalue weighted by molar-refractivity contribution is 0.563. The molecular weight excluding hydrogens is 200 g/mol. The fourth-order valence-corrected chi connectivity index (χ4v) is 1.43. The Bertz CT molecular complexity index is 353. The molecule has 0 saturated carbocycles. The molecule has 0 bridgehead atoms. The Hall–Kier alpha value is -1.39. The van der Waals surface area contributed by atoms with Crippen LogP contribution in [0.15, 0.2) is 6.07 Å². The standard InChI is InChI=1S/C10H15F2N3/c1-4-15(6(2)3)10-8(12)5-7(11)9(13)14-10/h5-6H,4H2,1-3H3,(H2,13,14). The number of rotatable bonds is 3. The van der Waals surface area contributed by atoms with Gasteiger partial charge in [0, 0.05) is 18.7 Å². The Balaban J connectivity index is 3.18. The highest BCUT2D eigenvalue weighted by molar-refractivity contribution is 5.47. The van der Waals surface area contributed by atoms with Crippen LogP contribution < -0.4 is 10.6 Å². The molecule has 0 aliphatic carbocycles. The summed E-state index contributed by atoms with van der Waals surface area (Å²) in [6.07, 6.45) is 0. The van der Waals surface area contributed by atoms with Gasteiger partial charge in [-0.2, -0.15) is 0 Å². The van der Waals surface area contributed by atoms with Crippen LogP contribution >= 0.6 is 0 Å². The molecule has 0 fully saturated rings. The lowest BCUT2D eigenvalue weighted by Crippen LogP contribution is -2.32. The Labute approximate surface area is 87.9 Å². The van der Waals surface area contributed by atoms with Crippen molar-refractivity contribution in [1.82, 2.24) is 4.98 Å². The molecule has 0 unspecified atom stereocenters. The van der Waals surface area contributed by atoms with Gasteiger partial charge in [-0.25, -0.2) is 13.8 Å². The molecule has 3 nitrogen and oxygen atoms in total. The van der Waals surface area contributed by atoms with Gasteiger partial charge in [0.2, 0.25) is 0 Å². The number of hydrogen-bond donors (Lipinski definition) is 1. The summed E-state index contributed by atoms with van der Waals surface area (Å²) >= 11 is 0. The summed E-state index contributed by atoms with van der Waals surface area (Å²) in [6.45, 7) is 6.28. The van der Waals surface area contributed by atoms with E-state index >= 15 is 0 Å². The second-order valence-electron chi connectivity index (χ2n) is 3.54. The van der Waals surface area contributed by atoms with Crippen molar-refractivity contribution >= 4 is 11.6 Å². The minimum atomic E-state index is -0.823. The second kappa shape index (κ2) is 4.42. The number of nitrogens with two attached hydrogens (primary N) is 1. The van der Waals surface area contributed by atoms with Crippen LogP contribution in [-0.2, 0) is 0 Å². The van der Waals surface area contributed by atoms with Crippen LogP contribution in [0, 0.1) is 11.6 Å². The topological polar surface area (TPSA) is 42.2 Å². The number of nitrogens with zero attached hydrogens (tertiary/aromatic N) is 2. The smallest absolute Gasteiger partial charge is 0.168 e.